The maximum absolute atomic E-state index is 12.7. The molecule has 0 bridgehead atoms. The summed E-state index contributed by atoms with van der Waals surface area (Å²) in [7, 11) is 0. The lowest BCUT2D eigenvalue weighted by Crippen LogP contribution is -2.33. The second kappa shape index (κ2) is 4.61. The van der Waals surface area contributed by atoms with Crippen molar-refractivity contribution < 1.29 is 4.79 Å². The zero-order valence-corrected chi connectivity index (χ0v) is 11.0. The van der Waals surface area contributed by atoms with Crippen molar-refractivity contribution in [3.8, 4) is 0 Å². The molecule has 0 aliphatic carbocycles. The molecule has 0 saturated carbocycles. The van der Waals surface area contributed by atoms with Crippen molar-refractivity contribution in [2.24, 2.45) is 5.41 Å². The molecule has 1 aromatic carbocycles. The number of nitrogens with one attached hydrogen (secondary N) is 1. The van der Waals surface area contributed by atoms with E-state index in [-0.39, 0.29) is 5.41 Å². The zero-order valence-electron chi connectivity index (χ0n) is 11.0. The summed E-state index contributed by atoms with van der Waals surface area (Å²) >= 11 is 0. The number of aryl methyl sites for hydroxylation is 2. The van der Waals surface area contributed by atoms with Gasteiger partial charge in [-0.15, -0.1) is 0 Å². The molecule has 0 aromatic heterocycles. The van der Waals surface area contributed by atoms with Crippen molar-refractivity contribution >= 4 is 5.78 Å². The molecule has 0 spiro atoms. The number of carbonyl (C=O) groups excluding carboxylic acids is 1. The molecule has 1 aromatic rings. The monoisotopic (exact) mass is 231 g/mol. The molecule has 1 aliphatic heterocycles. The van der Waals surface area contributed by atoms with Crippen LogP contribution < -0.4 is 5.32 Å². The number of benzene rings is 1. The minimum atomic E-state index is -0.167. The number of Topliss-reactive ketones (excluding diaryl/α,β-unsaturated/α-hetero) is 1. The molecule has 1 atom stereocenters. The summed E-state index contributed by atoms with van der Waals surface area (Å²) in [5, 5.41) is 3.32. The van der Waals surface area contributed by atoms with E-state index in [2.05, 4.69) is 25.2 Å². The van der Waals surface area contributed by atoms with Crippen LogP contribution in [-0.4, -0.2) is 18.9 Å². The number of hydrogen-bond acceptors (Lipinski definition) is 2. The van der Waals surface area contributed by atoms with Gasteiger partial charge in [0.25, 0.3) is 0 Å². The first-order valence-electron chi connectivity index (χ1n) is 6.42. The summed E-state index contributed by atoms with van der Waals surface area (Å²) in [6.45, 7) is 8.01. The first kappa shape index (κ1) is 12.3. The van der Waals surface area contributed by atoms with Crippen molar-refractivity contribution in [1.29, 1.82) is 0 Å². The lowest BCUT2D eigenvalue weighted by molar-refractivity contribution is 0.0810. The van der Waals surface area contributed by atoms with E-state index in [1.165, 1.54) is 5.56 Å². The second-order valence-corrected chi connectivity index (χ2v) is 5.21. The van der Waals surface area contributed by atoms with Crippen LogP contribution in [0.1, 0.15) is 41.3 Å². The van der Waals surface area contributed by atoms with Gasteiger partial charge < -0.3 is 5.32 Å². The van der Waals surface area contributed by atoms with E-state index in [0.717, 1.165) is 37.1 Å². The Labute approximate surface area is 103 Å². The zero-order chi connectivity index (χ0) is 12.5. The van der Waals surface area contributed by atoms with Gasteiger partial charge in [-0.2, -0.15) is 0 Å². The van der Waals surface area contributed by atoms with Gasteiger partial charge in [0.05, 0.1) is 0 Å². The van der Waals surface area contributed by atoms with Gasteiger partial charge in [0.2, 0.25) is 0 Å². The Morgan fingerprint density at radius 2 is 2.18 bits per heavy atom. The van der Waals surface area contributed by atoms with Crippen LogP contribution in [0.25, 0.3) is 0 Å². The average molecular weight is 231 g/mol. The van der Waals surface area contributed by atoms with Crippen molar-refractivity contribution in [3.05, 3.63) is 34.9 Å². The Morgan fingerprint density at radius 3 is 2.71 bits per heavy atom. The molecule has 2 nitrogen and oxygen atoms in total. The Kier molecular flexibility index (Phi) is 3.34. The molecule has 17 heavy (non-hydrogen) atoms. The normalized spacial score (nSPS) is 23.9. The van der Waals surface area contributed by atoms with E-state index in [0.29, 0.717) is 5.78 Å². The summed E-state index contributed by atoms with van der Waals surface area (Å²) in [6.07, 6.45) is 1.89. The number of carbonyl (C=O) groups is 1. The smallest absolute Gasteiger partial charge is 0.170 e. The van der Waals surface area contributed by atoms with E-state index in [9.17, 15) is 4.79 Å². The van der Waals surface area contributed by atoms with Crippen LogP contribution >= 0.6 is 0 Å². The first-order chi connectivity index (χ1) is 8.09. The predicted molar refractivity (Wildman–Crippen MR) is 70.5 cm³/mol. The largest absolute Gasteiger partial charge is 0.316 e. The molecular weight excluding hydrogens is 210 g/mol. The fraction of sp³-hybridized carbons (Fsp3) is 0.533. The van der Waals surface area contributed by atoms with Crippen molar-refractivity contribution in [2.75, 3.05) is 13.1 Å². The SMILES string of the molecule is CCC1(C(=O)c2ccc(C)cc2C)CCNC1. The minimum absolute atomic E-state index is 0.167. The van der Waals surface area contributed by atoms with Crippen molar-refractivity contribution in [1.82, 2.24) is 5.32 Å². The Hall–Kier alpha value is -1.15. The molecule has 1 aliphatic rings. The average Bonchev–Trinajstić information content (AvgIpc) is 2.78. The van der Waals surface area contributed by atoms with Gasteiger partial charge in [0, 0.05) is 17.5 Å². The minimum Gasteiger partial charge on any atom is -0.316 e. The van der Waals surface area contributed by atoms with Crippen LogP contribution in [0.15, 0.2) is 18.2 Å². The molecule has 0 amide bonds. The molecule has 2 rings (SSSR count). The highest BCUT2D eigenvalue weighted by Crippen LogP contribution is 2.34. The Bertz CT molecular complexity index is 431. The summed E-state index contributed by atoms with van der Waals surface area (Å²) in [5.74, 6) is 0.322. The summed E-state index contributed by atoms with van der Waals surface area (Å²) in [5.41, 5.74) is 3.06. The highest BCUT2D eigenvalue weighted by molar-refractivity contribution is 6.02. The molecular formula is C15H21NO. The van der Waals surface area contributed by atoms with E-state index < -0.39 is 0 Å². The third-order valence-electron chi connectivity index (χ3n) is 4.03. The van der Waals surface area contributed by atoms with E-state index in [1.807, 2.05) is 19.1 Å². The quantitative estimate of drug-likeness (QED) is 0.810. The van der Waals surface area contributed by atoms with Gasteiger partial charge in [-0.3, -0.25) is 4.79 Å². The molecule has 0 radical (unpaired) electrons. The van der Waals surface area contributed by atoms with Gasteiger partial charge in [-0.1, -0.05) is 30.7 Å². The summed E-state index contributed by atoms with van der Waals surface area (Å²) in [4.78, 5) is 12.7. The van der Waals surface area contributed by atoms with Crippen molar-refractivity contribution in [3.63, 3.8) is 0 Å². The van der Waals surface area contributed by atoms with Gasteiger partial charge in [-0.25, -0.2) is 0 Å². The van der Waals surface area contributed by atoms with Crippen LogP contribution in [0.3, 0.4) is 0 Å². The van der Waals surface area contributed by atoms with Crippen LogP contribution in [0.4, 0.5) is 0 Å². The van der Waals surface area contributed by atoms with Crippen LogP contribution in [0.5, 0.6) is 0 Å². The standard InChI is InChI=1S/C15H21NO/c1-4-15(7-8-16-10-15)14(17)13-6-5-11(2)9-12(13)3/h5-6,9,16H,4,7-8,10H2,1-3H3. The van der Waals surface area contributed by atoms with E-state index in [1.54, 1.807) is 0 Å². The third kappa shape index (κ3) is 2.14. The lowest BCUT2D eigenvalue weighted by atomic mass is 9.76. The van der Waals surface area contributed by atoms with E-state index >= 15 is 0 Å². The fourth-order valence-electron chi connectivity index (χ4n) is 2.75. The highest BCUT2D eigenvalue weighted by Gasteiger charge is 2.40. The van der Waals surface area contributed by atoms with Gasteiger partial charge in [0.15, 0.2) is 5.78 Å². The maximum atomic E-state index is 12.7. The molecule has 1 fully saturated rings. The molecule has 1 unspecified atom stereocenters. The molecule has 92 valence electrons. The van der Waals surface area contributed by atoms with Gasteiger partial charge in [-0.05, 0) is 38.8 Å². The lowest BCUT2D eigenvalue weighted by Gasteiger charge is -2.25. The highest BCUT2D eigenvalue weighted by atomic mass is 16.1. The van der Waals surface area contributed by atoms with Crippen LogP contribution in [-0.2, 0) is 0 Å². The van der Waals surface area contributed by atoms with Gasteiger partial charge >= 0.3 is 0 Å². The second-order valence-electron chi connectivity index (χ2n) is 5.21. The molecule has 1 saturated heterocycles. The maximum Gasteiger partial charge on any atom is 0.170 e. The van der Waals surface area contributed by atoms with E-state index in [4.69, 9.17) is 0 Å². The Morgan fingerprint density at radius 1 is 1.41 bits per heavy atom. The molecule has 1 heterocycles. The molecule has 1 N–H and O–H groups in total. The fourth-order valence-corrected chi connectivity index (χ4v) is 2.75. The topological polar surface area (TPSA) is 29.1 Å². The third-order valence-corrected chi connectivity index (χ3v) is 4.03. The molecule has 2 heteroatoms. The Balaban J connectivity index is 2.36. The first-order valence-corrected chi connectivity index (χ1v) is 6.42. The summed E-state index contributed by atoms with van der Waals surface area (Å²) in [6, 6.07) is 6.12. The van der Waals surface area contributed by atoms with Gasteiger partial charge in [0.1, 0.15) is 0 Å². The predicted octanol–water partition coefficient (Wildman–Crippen LogP) is 2.88. The number of rotatable bonds is 3. The van der Waals surface area contributed by atoms with Crippen molar-refractivity contribution in [2.45, 2.75) is 33.6 Å². The number of ketones is 1. The van der Waals surface area contributed by atoms with Crippen LogP contribution in [0, 0.1) is 19.3 Å². The van der Waals surface area contributed by atoms with Crippen LogP contribution in [0.2, 0.25) is 0 Å². The summed E-state index contributed by atoms with van der Waals surface area (Å²) < 4.78 is 0. The number of hydrogen-bond donors (Lipinski definition) is 1.